The van der Waals surface area contributed by atoms with Crippen molar-refractivity contribution < 1.29 is 14.2 Å². The van der Waals surface area contributed by atoms with Gasteiger partial charge in [0.1, 0.15) is 5.82 Å². The van der Waals surface area contributed by atoms with Crippen LogP contribution in [0.4, 0.5) is 10.1 Å². The number of rotatable bonds is 4. The molecule has 0 unspecified atom stereocenters. The van der Waals surface area contributed by atoms with Crippen LogP contribution in [0.1, 0.15) is 5.56 Å². The normalized spacial score (nSPS) is 10.3. The Balaban J connectivity index is 2.10. The Hall–Kier alpha value is -1.75. The topological polar surface area (TPSA) is 41.5 Å². The van der Waals surface area contributed by atoms with E-state index in [1.54, 1.807) is 24.3 Å². The standard InChI is InChI=1S/C14H13BrFNO2/c1-19-14-6-9(2-5-13(14)18)8-17-12-4-3-10(16)7-11(12)15/h2-7,17-18H,8H2,1H3. The first-order valence-electron chi connectivity index (χ1n) is 5.65. The summed E-state index contributed by atoms with van der Waals surface area (Å²) in [6.45, 7) is 0.543. The van der Waals surface area contributed by atoms with Crippen molar-refractivity contribution in [2.45, 2.75) is 6.54 Å². The number of anilines is 1. The third-order valence-corrected chi connectivity index (χ3v) is 3.31. The summed E-state index contributed by atoms with van der Waals surface area (Å²) in [7, 11) is 1.50. The maximum Gasteiger partial charge on any atom is 0.160 e. The predicted molar refractivity (Wildman–Crippen MR) is 76.1 cm³/mol. The zero-order valence-electron chi connectivity index (χ0n) is 10.3. The lowest BCUT2D eigenvalue weighted by Crippen LogP contribution is -2.00. The molecular weight excluding hydrogens is 313 g/mol. The first kappa shape index (κ1) is 13.7. The van der Waals surface area contributed by atoms with Gasteiger partial charge in [-0.1, -0.05) is 6.07 Å². The molecule has 0 heterocycles. The highest BCUT2D eigenvalue weighted by atomic mass is 79.9. The van der Waals surface area contributed by atoms with E-state index in [9.17, 15) is 9.50 Å². The molecule has 0 aromatic heterocycles. The van der Waals surface area contributed by atoms with E-state index >= 15 is 0 Å². The van der Waals surface area contributed by atoms with Crippen LogP contribution in [0.2, 0.25) is 0 Å². The second-order valence-corrected chi connectivity index (χ2v) is 4.84. The molecule has 0 aliphatic rings. The molecule has 19 heavy (non-hydrogen) atoms. The molecule has 3 nitrogen and oxygen atoms in total. The van der Waals surface area contributed by atoms with Crippen LogP contribution in [-0.4, -0.2) is 12.2 Å². The van der Waals surface area contributed by atoms with Gasteiger partial charge in [-0.2, -0.15) is 0 Å². The Bertz CT molecular complexity index is 590. The molecule has 0 atom stereocenters. The first-order valence-corrected chi connectivity index (χ1v) is 6.44. The second kappa shape index (κ2) is 5.93. The van der Waals surface area contributed by atoms with Gasteiger partial charge in [-0.3, -0.25) is 0 Å². The highest BCUT2D eigenvalue weighted by Crippen LogP contribution is 2.27. The molecule has 0 bridgehead atoms. The van der Waals surface area contributed by atoms with Gasteiger partial charge in [-0.25, -0.2) is 4.39 Å². The van der Waals surface area contributed by atoms with Gasteiger partial charge >= 0.3 is 0 Å². The molecule has 2 N–H and O–H groups in total. The number of benzene rings is 2. The van der Waals surface area contributed by atoms with Gasteiger partial charge in [0.05, 0.1) is 7.11 Å². The molecular formula is C14H13BrFNO2. The fourth-order valence-electron chi connectivity index (χ4n) is 1.66. The molecule has 0 spiro atoms. The Labute approximate surface area is 119 Å². The van der Waals surface area contributed by atoms with Crippen LogP contribution in [0.3, 0.4) is 0 Å². The third-order valence-electron chi connectivity index (χ3n) is 2.66. The van der Waals surface area contributed by atoms with Crippen LogP contribution < -0.4 is 10.1 Å². The van der Waals surface area contributed by atoms with E-state index in [2.05, 4.69) is 21.2 Å². The summed E-state index contributed by atoms with van der Waals surface area (Å²) in [6.07, 6.45) is 0. The van der Waals surface area contributed by atoms with Gasteiger partial charge in [0.2, 0.25) is 0 Å². The molecule has 0 saturated carbocycles. The van der Waals surface area contributed by atoms with Crippen LogP contribution in [0, 0.1) is 5.82 Å². The molecule has 2 aromatic carbocycles. The van der Waals surface area contributed by atoms with Gasteiger partial charge in [0.25, 0.3) is 0 Å². The van der Waals surface area contributed by atoms with Crippen LogP contribution in [0.5, 0.6) is 11.5 Å². The number of methoxy groups -OCH3 is 1. The molecule has 5 heteroatoms. The molecule has 0 aliphatic heterocycles. The quantitative estimate of drug-likeness (QED) is 0.895. The molecule has 0 amide bonds. The average Bonchev–Trinajstić information content (AvgIpc) is 2.39. The molecule has 0 radical (unpaired) electrons. The van der Waals surface area contributed by atoms with E-state index in [0.717, 1.165) is 11.3 Å². The maximum absolute atomic E-state index is 13.0. The van der Waals surface area contributed by atoms with E-state index in [4.69, 9.17) is 4.74 Å². The minimum Gasteiger partial charge on any atom is -0.504 e. The number of halogens is 2. The highest BCUT2D eigenvalue weighted by Gasteiger charge is 2.04. The summed E-state index contributed by atoms with van der Waals surface area (Å²) in [6, 6.07) is 9.58. The third kappa shape index (κ3) is 3.38. The zero-order valence-corrected chi connectivity index (χ0v) is 11.9. The van der Waals surface area contributed by atoms with Crippen molar-refractivity contribution in [3.05, 3.63) is 52.3 Å². The molecule has 0 fully saturated rings. The minimum absolute atomic E-state index is 0.106. The van der Waals surface area contributed by atoms with Gasteiger partial charge in [0.15, 0.2) is 11.5 Å². The fourth-order valence-corrected chi connectivity index (χ4v) is 2.15. The second-order valence-electron chi connectivity index (χ2n) is 3.98. The number of ether oxygens (including phenoxy) is 1. The van der Waals surface area contributed by atoms with Gasteiger partial charge in [0, 0.05) is 16.7 Å². The Morgan fingerprint density at radius 3 is 2.74 bits per heavy atom. The van der Waals surface area contributed by atoms with Crippen molar-refractivity contribution in [2.75, 3.05) is 12.4 Å². The summed E-state index contributed by atoms with van der Waals surface area (Å²) < 4.78 is 18.7. The molecule has 100 valence electrons. The number of hydrogen-bond donors (Lipinski definition) is 2. The Morgan fingerprint density at radius 2 is 2.05 bits per heavy atom. The Kier molecular flexibility index (Phi) is 4.27. The predicted octanol–water partition coefficient (Wildman–Crippen LogP) is 3.91. The van der Waals surface area contributed by atoms with Gasteiger partial charge in [-0.15, -0.1) is 0 Å². The van der Waals surface area contributed by atoms with Crippen LogP contribution in [0.15, 0.2) is 40.9 Å². The maximum atomic E-state index is 13.0. The van der Waals surface area contributed by atoms with E-state index in [1.165, 1.54) is 19.2 Å². The lowest BCUT2D eigenvalue weighted by molar-refractivity contribution is 0.373. The summed E-state index contributed by atoms with van der Waals surface area (Å²) >= 11 is 3.29. The van der Waals surface area contributed by atoms with E-state index < -0.39 is 0 Å². The minimum atomic E-state index is -0.288. The van der Waals surface area contributed by atoms with Crippen molar-refractivity contribution in [1.29, 1.82) is 0 Å². The van der Waals surface area contributed by atoms with Crippen LogP contribution in [-0.2, 0) is 6.54 Å². The average molecular weight is 326 g/mol. The van der Waals surface area contributed by atoms with E-state index in [1.807, 2.05) is 0 Å². The van der Waals surface area contributed by atoms with Crippen molar-refractivity contribution in [3.63, 3.8) is 0 Å². The lowest BCUT2D eigenvalue weighted by atomic mass is 10.2. The first-order chi connectivity index (χ1) is 9.10. The summed E-state index contributed by atoms with van der Waals surface area (Å²) in [4.78, 5) is 0. The number of phenols is 1. The van der Waals surface area contributed by atoms with Crippen molar-refractivity contribution in [1.82, 2.24) is 0 Å². The van der Waals surface area contributed by atoms with E-state index in [0.29, 0.717) is 16.8 Å². The Morgan fingerprint density at radius 1 is 1.26 bits per heavy atom. The number of hydrogen-bond acceptors (Lipinski definition) is 3. The highest BCUT2D eigenvalue weighted by molar-refractivity contribution is 9.10. The summed E-state index contributed by atoms with van der Waals surface area (Å²) in [5, 5.41) is 12.7. The largest absolute Gasteiger partial charge is 0.504 e. The molecule has 0 saturated heterocycles. The summed E-state index contributed by atoms with van der Waals surface area (Å²) in [5.74, 6) is 0.246. The molecule has 2 rings (SSSR count). The number of nitrogens with one attached hydrogen (secondary N) is 1. The van der Waals surface area contributed by atoms with Crippen molar-refractivity contribution >= 4 is 21.6 Å². The number of aromatic hydroxyl groups is 1. The fraction of sp³-hybridized carbons (Fsp3) is 0.143. The monoisotopic (exact) mass is 325 g/mol. The smallest absolute Gasteiger partial charge is 0.160 e. The van der Waals surface area contributed by atoms with Crippen molar-refractivity contribution in [3.8, 4) is 11.5 Å². The summed E-state index contributed by atoms with van der Waals surface area (Å²) in [5.41, 5.74) is 1.75. The van der Waals surface area contributed by atoms with Crippen LogP contribution in [0.25, 0.3) is 0 Å². The van der Waals surface area contributed by atoms with Crippen LogP contribution >= 0.6 is 15.9 Å². The molecule has 0 aliphatic carbocycles. The number of phenolic OH excluding ortho intramolecular Hbond substituents is 1. The zero-order chi connectivity index (χ0) is 13.8. The van der Waals surface area contributed by atoms with Crippen molar-refractivity contribution in [2.24, 2.45) is 0 Å². The molecule has 2 aromatic rings. The lowest BCUT2D eigenvalue weighted by Gasteiger charge is -2.10. The SMILES string of the molecule is COc1cc(CNc2ccc(F)cc2Br)ccc1O. The van der Waals surface area contributed by atoms with E-state index in [-0.39, 0.29) is 11.6 Å². The van der Waals surface area contributed by atoms with Gasteiger partial charge in [-0.05, 0) is 51.8 Å². The van der Waals surface area contributed by atoms with Gasteiger partial charge < -0.3 is 15.2 Å².